The zero-order valence-corrected chi connectivity index (χ0v) is 21.0. The number of amides is 2. The van der Waals surface area contributed by atoms with E-state index in [9.17, 15) is 9.59 Å². The van der Waals surface area contributed by atoms with Gasteiger partial charge in [0.05, 0.1) is 6.42 Å². The van der Waals surface area contributed by atoms with Crippen molar-refractivity contribution in [3.8, 4) is 0 Å². The summed E-state index contributed by atoms with van der Waals surface area (Å²) in [4.78, 5) is 28.8. The summed E-state index contributed by atoms with van der Waals surface area (Å²) in [5.41, 5.74) is 2.61. The number of rotatable bonds is 10. The van der Waals surface area contributed by atoms with Crippen LogP contribution in [0.5, 0.6) is 0 Å². The fraction of sp³-hybridized carbons (Fsp3) is 0.286. The molecule has 1 N–H and O–H groups in total. The SMILES string of the molecule is CC[C@H](C)NC(=O)[C@@H](Cc1ccccc1)N(Cc1ccc(Cl)cc1)C(=O)Cc1ccccc1Cl. The average Bonchev–Trinajstić information content (AvgIpc) is 2.84. The Kier molecular flexibility index (Phi) is 9.55. The van der Waals surface area contributed by atoms with Gasteiger partial charge in [0.15, 0.2) is 0 Å². The number of carbonyl (C=O) groups is 2. The summed E-state index contributed by atoms with van der Waals surface area (Å²) in [6.45, 7) is 4.27. The summed E-state index contributed by atoms with van der Waals surface area (Å²) in [6, 6.07) is 23.7. The lowest BCUT2D eigenvalue weighted by molar-refractivity contribution is -0.141. The predicted molar refractivity (Wildman–Crippen MR) is 139 cm³/mol. The van der Waals surface area contributed by atoms with E-state index in [1.165, 1.54) is 0 Å². The lowest BCUT2D eigenvalue weighted by atomic mass is 10.0. The largest absolute Gasteiger partial charge is 0.352 e. The first-order chi connectivity index (χ1) is 16.4. The Morgan fingerprint density at radius 3 is 2.18 bits per heavy atom. The lowest BCUT2D eigenvalue weighted by Gasteiger charge is -2.32. The maximum atomic E-state index is 13.7. The van der Waals surface area contributed by atoms with Crippen LogP contribution >= 0.6 is 23.2 Å². The Morgan fingerprint density at radius 1 is 0.882 bits per heavy atom. The van der Waals surface area contributed by atoms with Gasteiger partial charge in [-0.2, -0.15) is 0 Å². The number of carbonyl (C=O) groups excluding carboxylic acids is 2. The van der Waals surface area contributed by atoms with Crippen LogP contribution in [-0.4, -0.2) is 28.8 Å². The van der Waals surface area contributed by atoms with E-state index >= 15 is 0 Å². The van der Waals surface area contributed by atoms with Gasteiger partial charge < -0.3 is 10.2 Å². The van der Waals surface area contributed by atoms with Gasteiger partial charge in [-0.15, -0.1) is 0 Å². The molecular weight excluding hydrogens is 467 g/mol. The van der Waals surface area contributed by atoms with Crippen LogP contribution in [0.4, 0.5) is 0 Å². The molecule has 0 unspecified atom stereocenters. The minimum Gasteiger partial charge on any atom is -0.352 e. The van der Waals surface area contributed by atoms with Crippen molar-refractivity contribution in [3.05, 3.63) is 106 Å². The molecule has 0 spiro atoms. The molecule has 2 atom stereocenters. The lowest BCUT2D eigenvalue weighted by Crippen LogP contribution is -2.52. The molecule has 0 fully saturated rings. The number of nitrogens with zero attached hydrogens (tertiary/aromatic N) is 1. The van der Waals surface area contributed by atoms with Crippen LogP contribution in [0, 0.1) is 0 Å². The standard InChI is InChI=1S/C28H30Cl2N2O2/c1-3-20(2)31-28(34)26(17-21-9-5-4-6-10-21)32(19-22-13-15-24(29)16-14-22)27(33)18-23-11-7-8-12-25(23)30/h4-16,20,26H,3,17-19H2,1-2H3,(H,31,34)/t20-,26+/m0/s1. The van der Waals surface area contributed by atoms with E-state index in [4.69, 9.17) is 23.2 Å². The molecule has 0 saturated carbocycles. The van der Waals surface area contributed by atoms with Crippen molar-refractivity contribution in [2.75, 3.05) is 0 Å². The van der Waals surface area contributed by atoms with Crippen LogP contribution in [0.3, 0.4) is 0 Å². The first kappa shape index (κ1) is 25.8. The number of halogens is 2. The summed E-state index contributed by atoms with van der Waals surface area (Å²) in [6.07, 6.45) is 1.31. The zero-order valence-electron chi connectivity index (χ0n) is 19.5. The molecular formula is C28H30Cl2N2O2. The van der Waals surface area contributed by atoms with Gasteiger partial charge in [-0.1, -0.05) is 90.8 Å². The Balaban J connectivity index is 1.97. The van der Waals surface area contributed by atoms with Gasteiger partial charge >= 0.3 is 0 Å². The minimum atomic E-state index is -0.679. The highest BCUT2D eigenvalue weighted by Crippen LogP contribution is 2.21. The van der Waals surface area contributed by atoms with E-state index < -0.39 is 6.04 Å². The first-order valence-corrected chi connectivity index (χ1v) is 12.2. The third-order valence-corrected chi connectivity index (χ3v) is 6.46. The van der Waals surface area contributed by atoms with Gasteiger partial charge in [-0.05, 0) is 48.2 Å². The summed E-state index contributed by atoms with van der Waals surface area (Å²) < 4.78 is 0. The van der Waals surface area contributed by atoms with Crippen LogP contribution in [0.1, 0.15) is 37.0 Å². The van der Waals surface area contributed by atoms with Gasteiger partial charge in [0, 0.05) is 29.1 Å². The fourth-order valence-corrected chi connectivity index (χ4v) is 4.02. The Bertz CT molecular complexity index is 1090. The highest BCUT2D eigenvalue weighted by atomic mass is 35.5. The molecule has 0 aliphatic carbocycles. The van der Waals surface area contributed by atoms with Crippen LogP contribution < -0.4 is 5.32 Å². The molecule has 34 heavy (non-hydrogen) atoms. The number of hydrogen-bond donors (Lipinski definition) is 1. The Hall–Kier alpha value is -2.82. The summed E-state index contributed by atoms with van der Waals surface area (Å²) in [5, 5.41) is 4.23. The third-order valence-electron chi connectivity index (χ3n) is 5.84. The summed E-state index contributed by atoms with van der Waals surface area (Å²) in [5.74, 6) is -0.331. The number of nitrogens with one attached hydrogen (secondary N) is 1. The van der Waals surface area contributed by atoms with E-state index in [1.807, 2.05) is 74.5 Å². The molecule has 0 saturated heterocycles. The molecule has 3 aromatic rings. The maximum absolute atomic E-state index is 13.7. The second-order valence-corrected chi connectivity index (χ2v) is 9.28. The molecule has 0 aliphatic rings. The Labute approximate surface area is 211 Å². The van der Waals surface area contributed by atoms with Crippen LogP contribution in [0.15, 0.2) is 78.9 Å². The average molecular weight is 497 g/mol. The molecule has 178 valence electrons. The monoisotopic (exact) mass is 496 g/mol. The molecule has 0 radical (unpaired) electrons. The van der Waals surface area contributed by atoms with Crippen LogP contribution in [-0.2, 0) is 29.0 Å². The molecule has 2 amide bonds. The van der Waals surface area contributed by atoms with Gasteiger partial charge in [0.25, 0.3) is 0 Å². The highest BCUT2D eigenvalue weighted by Gasteiger charge is 2.31. The van der Waals surface area contributed by atoms with Crippen molar-refractivity contribution in [3.63, 3.8) is 0 Å². The quantitative estimate of drug-likeness (QED) is 0.369. The smallest absolute Gasteiger partial charge is 0.243 e. The molecule has 3 aromatic carbocycles. The van der Waals surface area contributed by atoms with E-state index in [1.54, 1.807) is 23.1 Å². The summed E-state index contributed by atoms with van der Waals surface area (Å²) in [7, 11) is 0. The third kappa shape index (κ3) is 7.34. The normalized spacial score (nSPS) is 12.6. The molecule has 0 aliphatic heterocycles. The van der Waals surface area contributed by atoms with Crippen molar-refractivity contribution < 1.29 is 9.59 Å². The molecule has 0 bridgehead atoms. The molecule has 4 nitrogen and oxygen atoms in total. The van der Waals surface area contributed by atoms with Crippen LogP contribution in [0.25, 0.3) is 0 Å². The van der Waals surface area contributed by atoms with E-state index in [2.05, 4.69) is 5.32 Å². The predicted octanol–water partition coefficient (Wildman–Crippen LogP) is 6.09. The number of hydrogen-bond acceptors (Lipinski definition) is 2. The first-order valence-electron chi connectivity index (χ1n) is 11.5. The van der Waals surface area contributed by atoms with Crippen molar-refractivity contribution in [1.82, 2.24) is 10.2 Å². The zero-order chi connectivity index (χ0) is 24.5. The van der Waals surface area contributed by atoms with E-state index in [0.717, 1.165) is 23.1 Å². The highest BCUT2D eigenvalue weighted by molar-refractivity contribution is 6.31. The second-order valence-electron chi connectivity index (χ2n) is 8.44. The van der Waals surface area contributed by atoms with Gasteiger partial charge in [-0.25, -0.2) is 0 Å². The van der Waals surface area contributed by atoms with Crippen molar-refractivity contribution in [1.29, 1.82) is 0 Å². The van der Waals surface area contributed by atoms with Crippen LogP contribution in [0.2, 0.25) is 10.0 Å². The van der Waals surface area contributed by atoms with Crippen molar-refractivity contribution in [2.24, 2.45) is 0 Å². The Morgan fingerprint density at radius 2 is 1.53 bits per heavy atom. The van der Waals surface area contributed by atoms with Crippen molar-refractivity contribution in [2.45, 2.75) is 51.7 Å². The topological polar surface area (TPSA) is 49.4 Å². The molecule has 3 rings (SSSR count). The van der Waals surface area contributed by atoms with Crippen molar-refractivity contribution >= 4 is 35.0 Å². The fourth-order valence-electron chi connectivity index (χ4n) is 3.69. The van der Waals surface area contributed by atoms with Gasteiger partial charge in [0.1, 0.15) is 6.04 Å². The maximum Gasteiger partial charge on any atom is 0.243 e. The van der Waals surface area contributed by atoms with E-state index in [0.29, 0.717) is 16.5 Å². The minimum absolute atomic E-state index is 0.00169. The van der Waals surface area contributed by atoms with Gasteiger partial charge in [-0.3, -0.25) is 9.59 Å². The molecule has 6 heteroatoms. The number of benzene rings is 3. The molecule has 0 aromatic heterocycles. The van der Waals surface area contributed by atoms with E-state index in [-0.39, 0.29) is 30.8 Å². The van der Waals surface area contributed by atoms with Gasteiger partial charge in [0.2, 0.25) is 11.8 Å². The second kappa shape index (κ2) is 12.6. The molecule has 0 heterocycles. The summed E-state index contributed by atoms with van der Waals surface area (Å²) >= 11 is 12.4.